The molecule has 1 N–H and O–H groups in total. The van der Waals surface area contributed by atoms with Gasteiger partial charge in [-0.15, -0.1) is 0 Å². The Morgan fingerprint density at radius 1 is 1.53 bits per heavy atom. The molecule has 0 radical (unpaired) electrons. The fourth-order valence-corrected chi connectivity index (χ4v) is 2.69. The SMILES string of the molecule is CCOCCCNc1nc(C)cn1CC(C)CSC. The molecule has 5 heteroatoms. The highest BCUT2D eigenvalue weighted by Gasteiger charge is 2.08. The van der Waals surface area contributed by atoms with Crippen molar-refractivity contribution in [3.05, 3.63) is 11.9 Å². The lowest BCUT2D eigenvalue weighted by Gasteiger charge is -2.14. The first-order valence-corrected chi connectivity index (χ1v) is 8.41. The van der Waals surface area contributed by atoms with Crippen LogP contribution in [0.4, 0.5) is 5.95 Å². The maximum absolute atomic E-state index is 5.33. The highest BCUT2D eigenvalue weighted by atomic mass is 32.2. The lowest BCUT2D eigenvalue weighted by molar-refractivity contribution is 0.147. The second kappa shape index (κ2) is 9.26. The van der Waals surface area contributed by atoms with Crippen LogP contribution in [0.15, 0.2) is 6.20 Å². The number of hydrogen-bond donors (Lipinski definition) is 1. The molecule has 1 aromatic heterocycles. The second-order valence-corrected chi connectivity index (χ2v) is 5.81. The maximum Gasteiger partial charge on any atom is 0.203 e. The molecule has 19 heavy (non-hydrogen) atoms. The first-order chi connectivity index (χ1) is 9.17. The Bertz CT molecular complexity index is 354. The summed E-state index contributed by atoms with van der Waals surface area (Å²) in [5, 5.41) is 3.41. The number of nitrogens with one attached hydrogen (secondary N) is 1. The van der Waals surface area contributed by atoms with E-state index in [4.69, 9.17) is 4.74 Å². The van der Waals surface area contributed by atoms with Gasteiger partial charge in [-0.2, -0.15) is 11.8 Å². The molecular weight excluding hydrogens is 258 g/mol. The number of thioether (sulfide) groups is 1. The molecule has 0 spiro atoms. The predicted octanol–water partition coefficient (Wildman–Crippen LogP) is 3.03. The summed E-state index contributed by atoms with van der Waals surface area (Å²) in [5.74, 6) is 2.83. The van der Waals surface area contributed by atoms with Gasteiger partial charge in [0.25, 0.3) is 0 Å². The van der Waals surface area contributed by atoms with Gasteiger partial charge in [0, 0.05) is 32.5 Å². The van der Waals surface area contributed by atoms with Crippen LogP contribution in [0.5, 0.6) is 0 Å². The van der Waals surface area contributed by atoms with Crippen molar-refractivity contribution < 1.29 is 4.74 Å². The number of aryl methyl sites for hydroxylation is 1. The molecule has 110 valence electrons. The first kappa shape index (κ1) is 16.4. The molecule has 0 fully saturated rings. The van der Waals surface area contributed by atoms with Crippen molar-refractivity contribution in [1.29, 1.82) is 0 Å². The largest absolute Gasteiger partial charge is 0.382 e. The standard InChI is InChI=1S/C14H27N3OS/c1-5-18-8-6-7-15-14-16-13(3)10-17(14)9-12(2)11-19-4/h10,12H,5-9,11H2,1-4H3,(H,15,16). The van der Waals surface area contributed by atoms with Crippen LogP contribution in [-0.2, 0) is 11.3 Å². The Labute approximate surface area is 121 Å². The summed E-state index contributed by atoms with van der Waals surface area (Å²) in [6.45, 7) is 9.89. The van der Waals surface area contributed by atoms with Crippen LogP contribution in [0, 0.1) is 12.8 Å². The molecule has 0 amide bonds. The van der Waals surface area contributed by atoms with Crippen molar-refractivity contribution in [1.82, 2.24) is 9.55 Å². The third kappa shape index (κ3) is 6.34. The van der Waals surface area contributed by atoms with E-state index in [0.717, 1.165) is 44.4 Å². The fraction of sp³-hybridized carbons (Fsp3) is 0.786. The number of nitrogens with zero attached hydrogens (tertiary/aromatic N) is 2. The summed E-state index contributed by atoms with van der Waals surface area (Å²) >= 11 is 1.90. The number of imidazole rings is 1. The molecule has 0 aliphatic heterocycles. The highest BCUT2D eigenvalue weighted by molar-refractivity contribution is 7.98. The number of rotatable bonds is 10. The van der Waals surface area contributed by atoms with E-state index in [-0.39, 0.29) is 0 Å². The lowest BCUT2D eigenvalue weighted by Crippen LogP contribution is -2.14. The van der Waals surface area contributed by atoms with Gasteiger partial charge in [0.1, 0.15) is 0 Å². The Morgan fingerprint density at radius 3 is 3.00 bits per heavy atom. The van der Waals surface area contributed by atoms with Crippen LogP contribution in [0.25, 0.3) is 0 Å². The van der Waals surface area contributed by atoms with E-state index >= 15 is 0 Å². The number of anilines is 1. The topological polar surface area (TPSA) is 39.1 Å². The van der Waals surface area contributed by atoms with E-state index in [1.807, 2.05) is 25.6 Å². The molecule has 0 aliphatic carbocycles. The summed E-state index contributed by atoms with van der Waals surface area (Å²) in [4.78, 5) is 4.55. The third-order valence-corrected chi connectivity index (χ3v) is 3.71. The predicted molar refractivity (Wildman–Crippen MR) is 84.1 cm³/mol. The van der Waals surface area contributed by atoms with E-state index in [1.165, 1.54) is 5.75 Å². The van der Waals surface area contributed by atoms with Gasteiger partial charge in [-0.1, -0.05) is 6.92 Å². The minimum absolute atomic E-state index is 0.660. The van der Waals surface area contributed by atoms with Gasteiger partial charge in [-0.05, 0) is 38.2 Å². The molecule has 1 rings (SSSR count). The minimum atomic E-state index is 0.660. The average Bonchev–Trinajstić information content (AvgIpc) is 2.69. The fourth-order valence-electron chi connectivity index (χ4n) is 2.02. The molecule has 4 nitrogen and oxygen atoms in total. The van der Waals surface area contributed by atoms with Gasteiger partial charge in [0.15, 0.2) is 0 Å². The zero-order valence-corrected chi connectivity index (χ0v) is 13.4. The van der Waals surface area contributed by atoms with Crippen molar-refractivity contribution >= 4 is 17.7 Å². The highest BCUT2D eigenvalue weighted by Crippen LogP contribution is 2.14. The van der Waals surface area contributed by atoms with Crippen LogP contribution in [0.2, 0.25) is 0 Å². The van der Waals surface area contributed by atoms with Gasteiger partial charge in [0.2, 0.25) is 5.95 Å². The quantitative estimate of drug-likeness (QED) is 0.671. The van der Waals surface area contributed by atoms with Crippen LogP contribution in [0.3, 0.4) is 0 Å². The molecule has 0 saturated carbocycles. The Balaban J connectivity index is 2.43. The van der Waals surface area contributed by atoms with E-state index in [1.54, 1.807) is 0 Å². The summed E-state index contributed by atoms with van der Waals surface area (Å²) in [6.07, 6.45) is 5.30. The van der Waals surface area contributed by atoms with E-state index in [2.05, 4.69) is 34.2 Å². The van der Waals surface area contributed by atoms with Crippen molar-refractivity contribution in [2.45, 2.75) is 33.7 Å². The zero-order chi connectivity index (χ0) is 14.1. The summed E-state index contributed by atoms with van der Waals surface area (Å²) in [7, 11) is 0. The van der Waals surface area contributed by atoms with E-state index in [0.29, 0.717) is 5.92 Å². The van der Waals surface area contributed by atoms with Gasteiger partial charge in [-0.3, -0.25) is 0 Å². The number of hydrogen-bond acceptors (Lipinski definition) is 4. The lowest BCUT2D eigenvalue weighted by atomic mass is 10.2. The Hall–Kier alpha value is -0.680. The molecular formula is C14H27N3OS. The summed E-state index contributed by atoms with van der Waals surface area (Å²) < 4.78 is 7.57. The van der Waals surface area contributed by atoms with Crippen molar-refractivity contribution in [3.63, 3.8) is 0 Å². The Morgan fingerprint density at radius 2 is 2.32 bits per heavy atom. The third-order valence-electron chi connectivity index (χ3n) is 2.81. The van der Waals surface area contributed by atoms with Crippen molar-refractivity contribution in [2.75, 3.05) is 37.1 Å². The molecule has 1 unspecified atom stereocenters. The molecule has 1 heterocycles. The maximum atomic E-state index is 5.33. The summed E-state index contributed by atoms with van der Waals surface area (Å²) in [6, 6.07) is 0. The minimum Gasteiger partial charge on any atom is -0.382 e. The molecule has 0 aromatic carbocycles. The van der Waals surface area contributed by atoms with Crippen LogP contribution >= 0.6 is 11.8 Å². The number of aromatic nitrogens is 2. The monoisotopic (exact) mass is 285 g/mol. The second-order valence-electron chi connectivity index (χ2n) is 4.90. The Kier molecular flexibility index (Phi) is 7.98. The molecule has 1 aromatic rings. The molecule has 0 saturated heterocycles. The summed E-state index contributed by atoms with van der Waals surface area (Å²) in [5.41, 5.74) is 1.07. The van der Waals surface area contributed by atoms with Crippen LogP contribution < -0.4 is 5.32 Å². The van der Waals surface area contributed by atoms with Crippen molar-refractivity contribution in [3.8, 4) is 0 Å². The van der Waals surface area contributed by atoms with Gasteiger partial charge in [0.05, 0.1) is 5.69 Å². The van der Waals surface area contributed by atoms with Gasteiger partial charge in [-0.25, -0.2) is 4.98 Å². The van der Waals surface area contributed by atoms with Crippen LogP contribution in [0.1, 0.15) is 26.0 Å². The smallest absolute Gasteiger partial charge is 0.203 e. The first-order valence-electron chi connectivity index (χ1n) is 7.01. The molecule has 0 bridgehead atoms. The van der Waals surface area contributed by atoms with Gasteiger partial charge < -0.3 is 14.6 Å². The van der Waals surface area contributed by atoms with Crippen LogP contribution in [-0.4, -0.2) is 41.3 Å². The van der Waals surface area contributed by atoms with E-state index < -0.39 is 0 Å². The molecule has 0 aliphatic rings. The van der Waals surface area contributed by atoms with Gasteiger partial charge >= 0.3 is 0 Å². The van der Waals surface area contributed by atoms with E-state index in [9.17, 15) is 0 Å². The average molecular weight is 285 g/mol. The normalized spacial score (nSPS) is 12.6. The molecule has 1 atom stereocenters. The van der Waals surface area contributed by atoms with Crippen molar-refractivity contribution in [2.24, 2.45) is 5.92 Å². The number of ether oxygens (including phenoxy) is 1. The zero-order valence-electron chi connectivity index (χ0n) is 12.6.